The van der Waals surface area contributed by atoms with E-state index in [0.717, 1.165) is 69.2 Å². The summed E-state index contributed by atoms with van der Waals surface area (Å²) in [6.07, 6.45) is 9.22. The summed E-state index contributed by atoms with van der Waals surface area (Å²) in [7, 11) is 3.73. The van der Waals surface area contributed by atoms with E-state index in [1.165, 1.54) is 19.0 Å². The average molecular weight is 639 g/mol. The Morgan fingerprint density at radius 1 is 0.935 bits per heavy atom. The number of methoxy groups -OCH3 is 1. The molecule has 1 N–H and O–H groups in total. The van der Waals surface area contributed by atoms with Crippen LogP contribution >= 0.6 is 0 Å². The highest BCUT2D eigenvalue weighted by Gasteiger charge is 2.37. The number of aromatic amines is 1. The van der Waals surface area contributed by atoms with Crippen LogP contribution < -0.4 is 14.5 Å². The number of H-pyrrole nitrogens is 1. The maximum Gasteiger partial charge on any atom is 0.421 e. The Kier molecular flexibility index (Phi) is 9.30. The van der Waals surface area contributed by atoms with E-state index in [2.05, 4.69) is 29.7 Å². The van der Waals surface area contributed by atoms with Crippen molar-refractivity contribution < 1.29 is 22.6 Å². The maximum absolute atomic E-state index is 14.0. The lowest BCUT2D eigenvalue weighted by Gasteiger charge is -2.40. The van der Waals surface area contributed by atoms with E-state index >= 15 is 0 Å². The van der Waals surface area contributed by atoms with Crippen LogP contribution in [0.15, 0.2) is 30.7 Å². The second-order valence-electron chi connectivity index (χ2n) is 12.5. The van der Waals surface area contributed by atoms with Gasteiger partial charge in [-0.15, -0.1) is 0 Å². The minimum Gasteiger partial charge on any atom is -0.478 e. The second kappa shape index (κ2) is 13.4. The SMILES string of the molecule is CCOc1ncc(-c2cc(N(C)CC3(COC)CCCCC3)c3[nH]c(-c4cnc(N5CCCCC5)cn4)nc3n2)cc1C(F)(F)F. The van der Waals surface area contributed by atoms with Crippen LogP contribution in [-0.4, -0.2) is 76.9 Å². The molecule has 2 aliphatic rings. The number of halogens is 3. The van der Waals surface area contributed by atoms with Crippen LogP contribution in [0.1, 0.15) is 63.9 Å². The molecule has 4 aromatic heterocycles. The highest BCUT2D eigenvalue weighted by atomic mass is 19.4. The van der Waals surface area contributed by atoms with Crippen LogP contribution in [0.4, 0.5) is 24.7 Å². The summed E-state index contributed by atoms with van der Waals surface area (Å²) in [6.45, 7) is 4.94. The number of fused-ring (bicyclic) bond motifs is 1. The van der Waals surface area contributed by atoms with Crippen molar-refractivity contribution >= 4 is 22.7 Å². The highest BCUT2D eigenvalue weighted by molar-refractivity contribution is 5.91. The Morgan fingerprint density at radius 2 is 1.70 bits per heavy atom. The van der Waals surface area contributed by atoms with Gasteiger partial charge in [0, 0.05) is 51.0 Å². The quantitative estimate of drug-likeness (QED) is 0.198. The van der Waals surface area contributed by atoms with Crippen molar-refractivity contribution in [3.63, 3.8) is 0 Å². The zero-order chi connectivity index (χ0) is 32.3. The molecule has 46 heavy (non-hydrogen) atoms. The Morgan fingerprint density at radius 3 is 2.37 bits per heavy atom. The van der Waals surface area contributed by atoms with Crippen LogP contribution in [0.25, 0.3) is 33.9 Å². The Hall–Kier alpha value is -4.00. The van der Waals surface area contributed by atoms with Gasteiger partial charge in [0.15, 0.2) is 11.5 Å². The minimum absolute atomic E-state index is 0.0414. The van der Waals surface area contributed by atoms with Crippen molar-refractivity contribution in [1.82, 2.24) is 29.9 Å². The van der Waals surface area contributed by atoms with Gasteiger partial charge in [-0.05, 0) is 51.2 Å². The van der Waals surface area contributed by atoms with E-state index in [1.807, 2.05) is 7.05 Å². The molecule has 10 nitrogen and oxygen atoms in total. The van der Waals surface area contributed by atoms with Crippen molar-refractivity contribution in [1.29, 1.82) is 0 Å². The first-order valence-electron chi connectivity index (χ1n) is 16.1. The Bertz CT molecular complexity index is 1630. The topological polar surface area (TPSA) is 105 Å². The first kappa shape index (κ1) is 32.0. The number of nitrogens with zero attached hydrogens (tertiary/aromatic N) is 7. The van der Waals surface area contributed by atoms with Crippen LogP contribution in [0, 0.1) is 5.41 Å². The predicted octanol–water partition coefficient (Wildman–Crippen LogP) is 6.92. The van der Waals surface area contributed by atoms with Crippen molar-refractivity contribution in [2.75, 3.05) is 56.8 Å². The molecule has 2 fully saturated rings. The molecule has 4 aromatic rings. The molecule has 0 aromatic carbocycles. The fraction of sp³-hybridized carbons (Fsp3) is 0.545. The number of alkyl halides is 3. The predicted molar refractivity (Wildman–Crippen MR) is 171 cm³/mol. The fourth-order valence-corrected chi connectivity index (χ4v) is 6.86. The lowest BCUT2D eigenvalue weighted by atomic mass is 9.74. The first-order valence-corrected chi connectivity index (χ1v) is 16.1. The zero-order valence-corrected chi connectivity index (χ0v) is 26.7. The van der Waals surface area contributed by atoms with Gasteiger partial charge in [0.05, 0.1) is 37.0 Å². The summed E-state index contributed by atoms with van der Waals surface area (Å²) in [6, 6.07) is 2.85. The monoisotopic (exact) mass is 638 g/mol. The molecule has 0 amide bonds. The molecule has 1 aliphatic carbocycles. The lowest BCUT2D eigenvalue weighted by Crippen LogP contribution is -2.40. The molecular formula is C33H41F3N8O2. The van der Waals surface area contributed by atoms with Crippen LogP contribution in [-0.2, 0) is 10.9 Å². The van der Waals surface area contributed by atoms with Crippen molar-refractivity contribution in [3.05, 3.63) is 36.3 Å². The molecule has 0 bridgehead atoms. The number of hydrogen-bond acceptors (Lipinski definition) is 9. The van der Waals surface area contributed by atoms with Crippen molar-refractivity contribution in [2.24, 2.45) is 5.41 Å². The summed E-state index contributed by atoms with van der Waals surface area (Å²) in [4.78, 5) is 30.6. The number of hydrogen-bond donors (Lipinski definition) is 1. The van der Waals surface area contributed by atoms with E-state index in [1.54, 1.807) is 32.5 Å². The second-order valence-corrected chi connectivity index (χ2v) is 12.5. The van der Waals surface area contributed by atoms with E-state index < -0.39 is 17.6 Å². The molecule has 246 valence electrons. The normalized spacial score (nSPS) is 17.0. The molecule has 5 heterocycles. The zero-order valence-electron chi connectivity index (χ0n) is 26.7. The minimum atomic E-state index is -4.65. The number of imidazole rings is 1. The van der Waals surface area contributed by atoms with Gasteiger partial charge in [0.25, 0.3) is 0 Å². The van der Waals surface area contributed by atoms with E-state index in [-0.39, 0.29) is 17.6 Å². The van der Waals surface area contributed by atoms with Gasteiger partial charge < -0.3 is 24.3 Å². The maximum atomic E-state index is 14.0. The van der Waals surface area contributed by atoms with Crippen molar-refractivity contribution in [2.45, 2.75) is 64.5 Å². The molecule has 1 saturated heterocycles. The average Bonchev–Trinajstić information content (AvgIpc) is 3.49. The molecule has 0 unspecified atom stereocenters. The summed E-state index contributed by atoms with van der Waals surface area (Å²) in [5.41, 5.74) is 1.90. The van der Waals surface area contributed by atoms with E-state index in [0.29, 0.717) is 41.5 Å². The van der Waals surface area contributed by atoms with Gasteiger partial charge in [-0.1, -0.05) is 19.3 Å². The van der Waals surface area contributed by atoms with Gasteiger partial charge in [0.1, 0.15) is 22.6 Å². The van der Waals surface area contributed by atoms with Gasteiger partial charge in [-0.2, -0.15) is 13.2 Å². The number of ether oxygens (including phenoxy) is 2. The standard InChI is InChI=1S/C33H41F3N8O2/c1-4-46-31-23(33(34,35)36)15-22(17-39-31)24-16-26(43(2)20-32(21-45-3)11-7-5-8-12-32)28-30(40-24)42-29(41-28)25-18-38-27(19-37-25)44-13-9-6-10-14-44/h15-19H,4-14,20-21H2,1-3H3,(H,40,41,42). The summed E-state index contributed by atoms with van der Waals surface area (Å²) < 4.78 is 53.0. The van der Waals surface area contributed by atoms with Gasteiger partial charge in [-0.25, -0.2) is 24.9 Å². The number of pyridine rings is 2. The Balaban J connectivity index is 1.42. The van der Waals surface area contributed by atoms with Gasteiger partial charge in [0.2, 0.25) is 5.88 Å². The number of piperidine rings is 1. The molecule has 0 atom stereocenters. The van der Waals surface area contributed by atoms with E-state index in [9.17, 15) is 13.2 Å². The molecule has 1 aliphatic heterocycles. The number of aromatic nitrogens is 6. The summed E-state index contributed by atoms with van der Waals surface area (Å²) in [5.74, 6) is 0.862. The van der Waals surface area contributed by atoms with Crippen LogP contribution in [0.3, 0.4) is 0 Å². The third-order valence-corrected chi connectivity index (χ3v) is 9.08. The summed E-state index contributed by atoms with van der Waals surface area (Å²) in [5, 5.41) is 0. The van der Waals surface area contributed by atoms with Crippen LogP contribution in [0.5, 0.6) is 5.88 Å². The fourth-order valence-electron chi connectivity index (χ4n) is 6.86. The lowest BCUT2D eigenvalue weighted by molar-refractivity contribution is -0.139. The molecule has 13 heteroatoms. The Labute approximate surface area is 266 Å². The third-order valence-electron chi connectivity index (χ3n) is 9.08. The summed E-state index contributed by atoms with van der Waals surface area (Å²) >= 11 is 0. The van der Waals surface area contributed by atoms with Gasteiger partial charge >= 0.3 is 6.18 Å². The van der Waals surface area contributed by atoms with Gasteiger partial charge in [-0.3, -0.25) is 0 Å². The van der Waals surface area contributed by atoms with E-state index in [4.69, 9.17) is 19.4 Å². The molecule has 1 saturated carbocycles. The molecule has 0 radical (unpaired) electrons. The molecule has 0 spiro atoms. The largest absolute Gasteiger partial charge is 0.478 e. The van der Waals surface area contributed by atoms with Crippen molar-refractivity contribution in [3.8, 4) is 28.7 Å². The molecule has 6 rings (SSSR count). The molecular weight excluding hydrogens is 597 g/mol. The third kappa shape index (κ3) is 6.74. The first-order chi connectivity index (χ1) is 22.2. The number of rotatable bonds is 10. The highest BCUT2D eigenvalue weighted by Crippen LogP contribution is 2.41. The van der Waals surface area contributed by atoms with Crippen LogP contribution in [0.2, 0.25) is 0 Å². The number of anilines is 2. The smallest absolute Gasteiger partial charge is 0.421 e. The number of nitrogens with one attached hydrogen (secondary N) is 1.